The second kappa shape index (κ2) is 9.19. The van der Waals surface area contributed by atoms with Crippen LogP contribution in [0.1, 0.15) is 29.4 Å². The molecule has 0 fully saturated rings. The standard InChI is InChI=1S/C14H27N5O2S2/c1-6-19(7-2)23(20,21)9-8-16-14(15-5)17-10-13-18-11(3)12(4)22-13/h6-10H2,1-5H3,(H2,15,16,17). The van der Waals surface area contributed by atoms with Crippen molar-refractivity contribution in [2.24, 2.45) is 4.99 Å². The van der Waals surface area contributed by atoms with Crippen molar-refractivity contribution in [3.63, 3.8) is 0 Å². The maximum atomic E-state index is 12.1. The predicted molar refractivity (Wildman–Crippen MR) is 96.5 cm³/mol. The van der Waals surface area contributed by atoms with Crippen LogP contribution in [0.5, 0.6) is 0 Å². The second-order valence-electron chi connectivity index (χ2n) is 5.00. The Labute approximate surface area is 143 Å². The van der Waals surface area contributed by atoms with Crippen LogP contribution in [0.4, 0.5) is 0 Å². The smallest absolute Gasteiger partial charge is 0.215 e. The summed E-state index contributed by atoms with van der Waals surface area (Å²) in [5, 5.41) is 7.16. The minimum atomic E-state index is -3.22. The molecule has 0 aliphatic rings. The Morgan fingerprint density at radius 1 is 1.26 bits per heavy atom. The van der Waals surface area contributed by atoms with Crippen molar-refractivity contribution in [2.45, 2.75) is 34.2 Å². The quantitative estimate of drug-likeness (QED) is 0.535. The average molecular weight is 362 g/mol. The van der Waals surface area contributed by atoms with Gasteiger partial charge in [-0.3, -0.25) is 4.99 Å². The highest BCUT2D eigenvalue weighted by molar-refractivity contribution is 7.89. The molecule has 0 aromatic carbocycles. The molecule has 132 valence electrons. The number of aromatic nitrogens is 1. The van der Waals surface area contributed by atoms with Gasteiger partial charge in [0.15, 0.2) is 5.96 Å². The molecular weight excluding hydrogens is 334 g/mol. The highest BCUT2D eigenvalue weighted by Crippen LogP contribution is 2.15. The number of hydrogen-bond acceptors (Lipinski definition) is 5. The molecule has 0 saturated carbocycles. The van der Waals surface area contributed by atoms with Crippen molar-refractivity contribution in [3.8, 4) is 0 Å². The van der Waals surface area contributed by atoms with Crippen LogP contribution in [-0.2, 0) is 16.6 Å². The third-order valence-electron chi connectivity index (χ3n) is 3.45. The Kier molecular flexibility index (Phi) is 7.93. The zero-order valence-electron chi connectivity index (χ0n) is 14.5. The first-order valence-corrected chi connectivity index (χ1v) is 10.1. The van der Waals surface area contributed by atoms with E-state index in [9.17, 15) is 8.42 Å². The molecule has 0 aliphatic heterocycles. The summed E-state index contributed by atoms with van der Waals surface area (Å²) in [6.45, 7) is 9.58. The lowest BCUT2D eigenvalue weighted by molar-refractivity contribution is 0.445. The van der Waals surface area contributed by atoms with E-state index >= 15 is 0 Å². The maximum absolute atomic E-state index is 12.1. The summed E-state index contributed by atoms with van der Waals surface area (Å²) in [6.07, 6.45) is 0. The second-order valence-corrected chi connectivity index (χ2v) is 8.38. The van der Waals surface area contributed by atoms with Crippen molar-refractivity contribution < 1.29 is 8.42 Å². The van der Waals surface area contributed by atoms with Gasteiger partial charge in [-0.2, -0.15) is 0 Å². The van der Waals surface area contributed by atoms with E-state index in [1.807, 2.05) is 27.7 Å². The maximum Gasteiger partial charge on any atom is 0.215 e. The van der Waals surface area contributed by atoms with Gasteiger partial charge in [-0.25, -0.2) is 17.7 Å². The van der Waals surface area contributed by atoms with Crippen LogP contribution in [-0.4, -0.2) is 56.1 Å². The average Bonchev–Trinajstić information content (AvgIpc) is 2.82. The molecule has 0 atom stereocenters. The molecule has 1 aromatic rings. The fourth-order valence-electron chi connectivity index (χ4n) is 2.04. The highest BCUT2D eigenvalue weighted by atomic mass is 32.2. The first kappa shape index (κ1) is 19.9. The third kappa shape index (κ3) is 6.08. The Bertz CT molecular complexity index is 602. The van der Waals surface area contributed by atoms with Gasteiger partial charge in [-0.05, 0) is 13.8 Å². The Balaban J connectivity index is 2.46. The Hall–Kier alpha value is -1.19. The van der Waals surface area contributed by atoms with Crippen molar-refractivity contribution in [1.29, 1.82) is 0 Å². The van der Waals surface area contributed by atoms with Gasteiger partial charge in [0.2, 0.25) is 10.0 Å². The van der Waals surface area contributed by atoms with E-state index in [1.54, 1.807) is 18.4 Å². The van der Waals surface area contributed by atoms with Crippen molar-refractivity contribution in [1.82, 2.24) is 19.9 Å². The Morgan fingerprint density at radius 2 is 1.91 bits per heavy atom. The van der Waals surface area contributed by atoms with Crippen LogP contribution in [0.15, 0.2) is 4.99 Å². The number of sulfonamides is 1. The summed E-state index contributed by atoms with van der Waals surface area (Å²) in [7, 11) is -1.56. The number of hydrogen-bond donors (Lipinski definition) is 2. The Morgan fingerprint density at radius 3 is 2.39 bits per heavy atom. The number of aryl methyl sites for hydroxylation is 2. The molecule has 0 aliphatic carbocycles. The molecule has 0 unspecified atom stereocenters. The van der Waals surface area contributed by atoms with Crippen molar-refractivity contribution in [2.75, 3.05) is 32.4 Å². The van der Waals surface area contributed by atoms with Gasteiger partial charge in [0.1, 0.15) is 5.01 Å². The molecule has 0 saturated heterocycles. The van der Waals surface area contributed by atoms with Gasteiger partial charge in [0, 0.05) is 31.6 Å². The molecular formula is C14H27N5O2S2. The lowest BCUT2D eigenvalue weighted by atomic mass is 10.4. The van der Waals surface area contributed by atoms with Gasteiger partial charge in [-0.1, -0.05) is 13.8 Å². The third-order valence-corrected chi connectivity index (χ3v) is 6.55. The van der Waals surface area contributed by atoms with E-state index in [2.05, 4.69) is 20.6 Å². The van der Waals surface area contributed by atoms with Crippen LogP contribution in [0.3, 0.4) is 0 Å². The summed E-state index contributed by atoms with van der Waals surface area (Å²) in [5.41, 5.74) is 1.04. The molecule has 0 amide bonds. The predicted octanol–water partition coefficient (Wildman–Crippen LogP) is 1.10. The van der Waals surface area contributed by atoms with Gasteiger partial charge in [0.05, 0.1) is 18.0 Å². The number of aliphatic imine (C=N–C) groups is 1. The van der Waals surface area contributed by atoms with E-state index in [0.717, 1.165) is 10.7 Å². The number of rotatable bonds is 8. The van der Waals surface area contributed by atoms with Crippen LogP contribution in [0.25, 0.3) is 0 Å². The summed E-state index contributed by atoms with van der Waals surface area (Å²) in [5.74, 6) is 0.621. The largest absolute Gasteiger partial charge is 0.355 e. The topological polar surface area (TPSA) is 86.7 Å². The van der Waals surface area contributed by atoms with E-state index in [0.29, 0.717) is 32.1 Å². The molecule has 1 heterocycles. The number of thiazole rings is 1. The zero-order valence-corrected chi connectivity index (χ0v) is 16.1. The van der Waals surface area contributed by atoms with Gasteiger partial charge >= 0.3 is 0 Å². The van der Waals surface area contributed by atoms with Crippen LogP contribution >= 0.6 is 11.3 Å². The van der Waals surface area contributed by atoms with E-state index in [1.165, 1.54) is 9.18 Å². The lowest BCUT2D eigenvalue weighted by Crippen LogP contribution is -2.41. The van der Waals surface area contributed by atoms with Gasteiger partial charge < -0.3 is 10.6 Å². The molecule has 1 rings (SSSR count). The van der Waals surface area contributed by atoms with Crippen molar-refractivity contribution in [3.05, 3.63) is 15.6 Å². The first-order chi connectivity index (χ1) is 10.8. The summed E-state index contributed by atoms with van der Waals surface area (Å²) in [4.78, 5) is 9.76. The molecule has 7 nitrogen and oxygen atoms in total. The van der Waals surface area contributed by atoms with Crippen LogP contribution < -0.4 is 10.6 Å². The molecule has 0 radical (unpaired) electrons. The van der Waals surface area contributed by atoms with E-state index < -0.39 is 10.0 Å². The normalized spacial score (nSPS) is 12.7. The fourth-order valence-corrected chi connectivity index (χ4v) is 4.32. The highest BCUT2D eigenvalue weighted by Gasteiger charge is 2.18. The van der Waals surface area contributed by atoms with Gasteiger partial charge in [-0.15, -0.1) is 11.3 Å². The summed E-state index contributed by atoms with van der Waals surface area (Å²) in [6, 6.07) is 0. The minimum Gasteiger partial charge on any atom is -0.355 e. The number of nitrogens with zero attached hydrogens (tertiary/aromatic N) is 3. The summed E-state index contributed by atoms with van der Waals surface area (Å²) >= 11 is 1.65. The van der Waals surface area contributed by atoms with E-state index in [4.69, 9.17) is 0 Å². The molecule has 0 spiro atoms. The number of guanidine groups is 1. The molecule has 2 N–H and O–H groups in total. The molecule has 9 heteroatoms. The van der Waals surface area contributed by atoms with Crippen molar-refractivity contribution >= 4 is 27.3 Å². The lowest BCUT2D eigenvalue weighted by Gasteiger charge is -2.19. The monoisotopic (exact) mass is 361 g/mol. The van der Waals surface area contributed by atoms with E-state index in [-0.39, 0.29) is 5.75 Å². The van der Waals surface area contributed by atoms with Gasteiger partial charge in [0.25, 0.3) is 0 Å². The SMILES string of the molecule is CCN(CC)S(=O)(=O)CCNC(=NC)NCc1nc(C)c(C)s1. The van der Waals surface area contributed by atoms with Crippen LogP contribution in [0, 0.1) is 13.8 Å². The minimum absolute atomic E-state index is 0.0465. The number of nitrogens with one attached hydrogen (secondary N) is 2. The fraction of sp³-hybridized carbons (Fsp3) is 0.714. The zero-order chi connectivity index (χ0) is 17.5. The first-order valence-electron chi connectivity index (χ1n) is 7.69. The molecule has 0 bridgehead atoms. The molecule has 1 aromatic heterocycles. The molecule has 23 heavy (non-hydrogen) atoms. The van der Waals surface area contributed by atoms with Crippen LogP contribution in [0.2, 0.25) is 0 Å². The summed E-state index contributed by atoms with van der Waals surface area (Å²) < 4.78 is 25.7.